The first-order valence-corrected chi connectivity index (χ1v) is 6.02. The number of halogens is 2. The number of rotatable bonds is 4. The van der Waals surface area contributed by atoms with Gasteiger partial charge in [-0.25, -0.2) is 14.4 Å². The molecule has 0 bridgehead atoms. The van der Waals surface area contributed by atoms with E-state index < -0.39 is 5.82 Å². The van der Waals surface area contributed by atoms with Crippen molar-refractivity contribution in [2.75, 3.05) is 19.5 Å². The SMILES string of the molecule is CNc1cc(COC)nc(-c2ccc(F)cc2Cl)n1. The predicted molar refractivity (Wildman–Crippen MR) is 72.7 cm³/mol. The van der Waals surface area contributed by atoms with E-state index in [1.807, 2.05) is 0 Å². The molecule has 100 valence electrons. The molecule has 2 rings (SSSR count). The van der Waals surface area contributed by atoms with Crippen molar-refractivity contribution in [1.29, 1.82) is 0 Å². The molecule has 0 aliphatic heterocycles. The smallest absolute Gasteiger partial charge is 0.163 e. The molecule has 2 aromatic rings. The summed E-state index contributed by atoms with van der Waals surface area (Å²) in [6.45, 7) is 0.364. The fourth-order valence-electron chi connectivity index (χ4n) is 1.64. The average Bonchev–Trinajstić information content (AvgIpc) is 2.38. The molecule has 1 heterocycles. The third-order valence-electron chi connectivity index (χ3n) is 2.50. The molecule has 6 heteroatoms. The van der Waals surface area contributed by atoms with Crippen LogP contribution in [0.3, 0.4) is 0 Å². The number of anilines is 1. The summed E-state index contributed by atoms with van der Waals surface area (Å²) in [4.78, 5) is 8.66. The molecular weight excluding hydrogens is 269 g/mol. The highest BCUT2D eigenvalue weighted by Gasteiger charge is 2.10. The summed E-state index contributed by atoms with van der Waals surface area (Å²) in [6.07, 6.45) is 0. The van der Waals surface area contributed by atoms with Crippen molar-refractivity contribution < 1.29 is 9.13 Å². The van der Waals surface area contributed by atoms with Crippen molar-refractivity contribution in [3.63, 3.8) is 0 Å². The number of aromatic nitrogens is 2. The van der Waals surface area contributed by atoms with Crippen LogP contribution < -0.4 is 5.32 Å². The van der Waals surface area contributed by atoms with Crippen LogP contribution >= 0.6 is 11.6 Å². The number of nitrogens with zero attached hydrogens (tertiary/aromatic N) is 2. The molecule has 0 saturated heterocycles. The third kappa shape index (κ3) is 3.19. The Morgan fingerprint density at radius 2 is 2.11 bits per heavy atom. The molecule has 0 radical (unpaired) electrons. The molecular formula is C13H13ClFN3O. The predicted octanol–water partition coefficient (Wildman–Crippen LogP) is 3.12. The van der Waals surface area contributed by atoms with Crippen LogP contribution in [0.25, 0.3) is 11.4 Å². The first-order valence-electron chi connectivity index (χ1n) is 5.64. The van der Waals surface area contributed by atoms with E-state index in [2.05, 4.69) is 15.3 Å². The van der Waals surface area contributed by atoms with Gasteiger partial charge in [0.2, 0.25) is 0 Å². The molecule has 1 N–H and O–H groups in total. The van der Waals surface area contributed by atoms with E-state index in [-0.39, 0.29) is 5.02 Å². The lowest BCUT2D eigenvalue weighted by atomic mass is 10.2. The standard InChI is InChI=1S/C13H13ClFN3O/c1-16-12-6-9(7-19-2)17-13(18-12)10-4-3-8(15)5-11(10)14/h3-6H,7H2,1-2H3,(H,16,17,18). The molecule has 19 heavy (non-hydrogen) atoms. The van der Waals surface area contributed by atoms with E-state index in [0.717, 1.165) is 5.69 Å². The van der Waals surface area contributed by atoms with Crippen LogP contribution in [0, 0.1) is 5.82 Å². The van der Waals surface area contributed by atoms with Crippen LogP contribution in [0.4, 0.5) is 10.2 Å². The van der Waals surface area contributed by atoms with E-state index in [4.69, 9.17) is 16.3 Å². The van der Waals surface area contributed by atoms with Crippen molar-refractivity contribution in [1.82, 2.24) is 9.97 Å². The molecule has 0 unspecified atom stereocenters. The summed E-state index contributed by atoms with van der Waals surface area (Å²) in [5.74, 6) is 0.692. The maximum Gasteiger partial charge on any atom is 0.163 e. The van der Waals surface area contributed by atoms with Gasteiger partial charge in [0.05, 0.1) is 17.3 Å². The first-order chi connectivity index (χ1) is 9.13. The lowest BCUT2D eigenvalue weighted by molar-refractivity contribution is 0.181. The van der Waals surface area contributed by atoms with Gasteiger partial charge < -0.3 is 10.1 Å². The number of benzene rings is 1. The Balaban J connectivity index is 2.51. The average molecular weight is 282 g/mol. The maximum atomic E-state index is 13.1. The molecule has 0 amide bonds. The molecule has 0 atom stereocenters. The highest BCUT2D eigenvalue weighted by Crippen LogP contribution is 2.27. The molecule has 0 saturated carbocycles. The lowest BCUT2D eigenvalue weighted by Crippen LogP contribution is -2.02. The molecule has 0 spiro atoms. The van der Waals surface area contributed by atoms with E-state index >= 15 is 0 Å². The van der Waals surface area contributed by atoms with E-state index in [1.165, 1.54) is 12.1 Å². The van der Waals surface area contributed by atoms with Gasteiger partial charge in [0.15, 0.2) is 5.82 Å². The van der Waals surface area contributed by atoms with Crippen molar-refractivity contribution in [2.24, 2.45) is 0 Å². The molecule has 0 fully saturated rings. The number of ether oxygens (including phenoxy) is 1. The summed E-state index contributed by atoms with van der Waals surface area (Å²) < 4.78 is 18.1. The van der Waals surface area contributed by atoms with Gasteiger partial charge in [0, 0.05) is 25.8 Å². The van der Waals surface area contributed by atoms with Gasteiger partial charge in [-0.3, -0.25) is 0 Å². The van der Waals surface area contributed by atoms with E-state index in [9.17, 15) is 4.39 Å². The monoisotopic (exact) mass is 281 g/mol. The topological polar surface area (TPSA) is 47.0 Å². The summed E-state index contributed by atoms with van der Waals surface area (Å²) in [5.41, 5.74) is 1.30. The number of hydrogen-bond acceptors (Lipinski definition) is 4. The van der Waals surface area contributed by atoms with Crippen molar-refractivity contribution >= 4 is 17.4 Å². The summed E-state index contributed by atoms with van der Waals surface area (Å²) >= 11 is 6.02. The summed E-state index contributed by atoms with van der Waals surface area (Å²) in [7, 11) is 3.35. The quantitative estimate of drug-likeness (QED) is 0.935. The zero-order chi connectivity index (χ0) is 13.8. The lowest BCUT2D eigenvalue weighted by Gasteiger charge is -2.08. The molecule has 1 aromatic carbocycles. The van der Waals surface area contributed by atoms with Gasteiger partial charge in [-0.05, 0) is 18.2 Å². The van der Waals surface area contributed by atoms with Crippen LogP contribution in [0.5, 0.6) is 0 Å². The fourth-order valence-corrected chi connectivity index (χ4v) is 1.89. The molecule has 1 aromatic heterocycles. The van der Waals surface area contributed by atoms with Crippen LogP contribution in [-0.2, 0) is 11.3 Å². The Labute approximate surface area is 115 Å². The van der Waals surface area contributed by atoms with Gasteiger partial charge in [-0.2, -0.15) is 0 Å². The van der Waals surface area contributed by atoms with Gasteiger partial charge in [0.25, 0.3) is 0 Å². The Kier molecular flexibility index (Phi) is 4.29. The van der Waals surface area contributed by atoms with Gasteiger partial charge in [0.1, 0.15) is 11.6 Å². The normalized spacial score (nSPS) is 10.5. The maximum absolute atomic E-state index is 13.1. The fraction of sp³-hybridized carbons (Fsp3) is 0.231. The minimum absolute atomic E-state index is 0.275. The summed E-state index contributed by atoms with van der Waals surface area (Å²) in [6, 6.07) is 5.91. The van der Waals surface area contributed by atoms with Gasteiger partial charge in [-0.1, -0.05) is 11.6 Å². The van der Waals surface area contributed by atoms with Gasteiger partial charge in [-0.15, -0.1) is 0 Å². The molecule has 0 aliphatic rings. The van der Waals surface area contributed by atoms with Crippen LogP contribution in [0.1, 0.15) is 5.69 Å². The first kappa shape index (κ1) is 13.7. The Morgan fingerprint density at radius 3 is 2.74 bits per heavy atom. The van der Waals surface area contributed by atoms with E-state index in [0.29, 0.717) is 23.8 Å². The van der Waals surface area contributed by atoms with Crippen LogP contribution in [-0.4, -0.2) is 24.1 Å². The second kappa shape index (κ2) is 5.95. The van der Waals surface area contributed by atoms with Crippen LogP contribution in [0.2, 0.25) is 5.02 Å². The zero-order valence-electron chi connectivity index (χ0n) is 10.6. The number of hydrogen-bond donors (Lipinski definition) is 1. The second-order valence-electron chi connectivity index (χ2n) is 3.88. The van der Waals surface area contributed by atoms with Crippen molar-refractivity contribution in [3.8, 4) is 11.4 Å². The largest absolute Gasteiger partial charge is 0.378 e. The Morgan fingerprint density at radius 1 is 1.32 bits per heavy atom. The highest BCUT2D eigenvalue weighted by molar-refractivity contribution is 6.33. The molecule has 0 aliphatic carbocycles. The number of methoxy groups -OCH3 is 1. The molecule has 4 nitrogen and oxygen atoms in total. The van der Waals surface area contributed by atoms with Gasteiger partial charge >= 0.3 is 0 Å². The Hall–Kier alpha value is -1.72. The highest BCUT2D eigenvalue weighted by atomic mass is 35.5. The van der Waals surface area contributed by atoms with E-state index in [1.54, 1.807) is 26.3 Å². The third-order valence-corrected chi connectivity index (χ3v) is 2.81. The van der Waals surface area contributed by atoms with Crippen molar-refractivity contribution in [3.05, 3.63) is 40.8 Å². The Bertz CT molecular complexity index is 592. The zero-order valence-corrected chi connectivity index (χ0v) is 11.3. The number of nitrogens with one attached hydrogen (secondary N) is 1. The minimum atomic E-state index is -0.393. The minimum Gasteiger partial charge on any atom is -0.378 e. The van der Waals surface area contributed by atoms with Crippen molar-refractivity contribution in [2.45, 2.75) is 6.61 Å². The summed E-state index contributed by atoms with van der Waals surface area (Å²) in [5, 5.41) is 3.22. The van der Waals surface area contributed by atoms with Crippen LogP contribution in [0.15, 0.2) is 24.3 Å². The second-order valence-corrected chi connectivity index (χ2v) is 4.28.